The molecule has 5 aliphatic heterocycles. The summed E-state index contributed by atoms with van der Waals surface area (Å²) in [7, 11) is 3.30. The molecular formula is C44H76N8O14. The molecule has 66 heavy (non-hydrogen) atoms. The van der Waals surface area contributed by atoms with Gasteiger partial charge in [-0.05, 0) is 72.2 Å². The van der Waals surface area contributed by atoms with Gasteiger partial charge in [-0.2, -0.15) is 0 Å². The SMILES string of the molecule is CN[C@@H]1[C@@H](O)[C@@H](CCO[C@@H]2[C@@H](O)[C@@H]3COC[C@H]4OC(=CC[C@H]4N)C=N[C@@H]4C[C@H](N)[C@@H](O[C@H]5OC[C@](C)(O)[C@H](NC)[C@H]5O)[C@H](O)[C@H]4COC[C@@H]4OC(=CC[C@@H]4N)C=N[C@H]3C[C@H]2N)OC[C@]1(C)O. The Balaban J connectivity index is 1.06. The number of hydrogen-bond acceptors (Lipinski definition) is 22. The van der Waals surface area contributed by atoms with E-state index in [-0.39, 0.29) is 52.7 Å². The lowest BCUT2D eigenvalue weighted by Crippen LogP contribution is -2.67. The van der Waals surface area contributed by atoms with Crippen molar-refractivity contribution in [3.8, 4) is 0 Å². The Morgan fingerprint density at radius 2 is 1.15 bits per heavy atom. The Hall–Kier alpha value is -2.30. The molecule has 0 amide bonds. The monoisotopic (exact) mass is 941 g/mol. The van der Waals surface area contributed by atoms with Crippen LogP contribution in [0.3, 0.4) is 0 Å². The van der Waals surface area contributed by atoms with E-state index in [1.165, 1.54) is 0 Å². The number of fused-ring (bicyclic) bond motifs is 6. The minimum atomic E-state index is -1.36. The van der Waals surface area contributed by atoms with Crippen LogP contribution in [0.5, 0.6) is 0 Å². The van der Waals surface area contributed by atoms with Crippen molar-refractivity contribution in [2.75, 3.05) is 60.3 Å². The smallest absolute Gasteiger partial charge is 0.185 e. The van der Waals surface area contributed by atoms with Crippen LogP contribution in [-0.4, -0.2) is 224 Å². The largest absolute Gasteiger partial charge is 0.485 e. The molecule has 4 bridgehead atoms. The lowest BCUT2D eigenvalue weighted by Gasteiger charge is -2.47. The topological polar surface area (TPSA) is 348 Å². The molecule has 376 valence electrons. The number of nitrogens with two attached hydrogens (primary N) is 4. The molecule has 22 nitrogen and oxygen atoms in total. The molecule has 16 N–H and O–H groups in total. The normalized spacial score (nSPS) is 48.4. The molecule has 0 unspecified atom stereocenters. The molecule has 5 heterocycles. The number of aliphatic imine (C=N–C) groups is 2. The van der Waals surface area contributed by atoms with Gasteiger partial charge in [0.2, 0.25) is 0 Å². The number of likely N-dealkylation sites (N-methyl/N-ethyl adjacent to an activating group) is 2. The molecule has 0 aromatic carbocycles. The maximum absolute atomic E-state index is 11.9. The first-order chi connectivity index (χ1) is 31.4. The van der Waals surface area contributed by atoms with E-state index in [1.807, 2.05) is 12.2 Å². The second-order valence-electron chi connectivity index (χ2n) is 19.7. The van der Waals surface area contributed by atoms with Crippen molar-refractivity contribution in [2.45, 2.75) is 167 Å². The molecule has 2 aliphatic carbocycles. The molecule has 2 saturated heterocycles. The zero-order valence-corrected chi connectivity index (χ0v) is 38.5. The molecular weight excluding hydrogens is 865 g/mol. The summed E-state index contributed by atoms with van der Waals surface area (Å²) in [5.41, 5.74) is 23.8. The zero-order chi connectivity index (χ0) is 47.5. The van der Waals surface area contributed by atoms with Crippen LogP contribution < -0.4 is 33.6 Å². The van der Waals surface area contributed by atoms with Crippen molar-refractivity contribution in [3.05, 3.63) is 23.7 Å². The van der Waals surface area contributed by atoms with Crippen LogP contribution in [-0.2, 0) is 37.9 Å². The zero-order valence-electron chi connectivity index (χ0n) is 38.5. The van der Waals surface area contributed by atoms with Gasteiger partial charge in [0, 0.05) is 42.6 Å². The quantitative estimate of drug-likeness (QED) is 0.109. The first kappa shape index (κ1) is 51.5. The molecule has 4 fully saturated rings. The predicted molar refractivity (Wildman–Crippen MR) is 239 cm³/mol. The van der Waals surface area contributed by atoms with Crippen molar-refractivity contribution in [1.29, 1.82) is 0 Å². The Morgan fingerprint density at radius 3 is 1.68 bits per heavy atom. The lowest BCUT2D eigenvalue weighted by atomic mass is 9.78. The van der Waals surface area contributed by atoms with E-state index >= 15 is 0 Å². The molecule has 22 atom stereocenters. The van der Waals surface area contributed by atoms with Gasteiger partial charge in [-0.15, -0.1) is 0 Å². The molecule has 0 aromatic heterocycles. The van der Waals surface area contributed by atoms with Crippen molar-refractivity contribution in [2.24, 2.45) is 44.8 Å². The summed E-state index contributed by atoms with van der Waals surface area (Å²) in [6.07, 6.45) is -0.469. The van der Waals surface area contributed by atoms with Crippen LogP contribution in [0.15, 0.2) is 33.7 Å². The fraction of sp³-hybridized carbons (Fsp3) is 0.864. The fourth-order valence-corrected chi connectivity index (χ4v) is 10.5. The molecule has 0 aromatic rings. The van der Waals surface area contributed by atoms with Crippen LogP contribution >= 0.6 is 0 Å². The molecule has 7 aliphatic rings. The number of nitrogens with one attached hydrogen (secondary N) is 2. The molecule has 7 rings (SSSR count). The number of rotatable bonds is 8. The highest BCUT2D eigenvalue weighted by Gasteiger charge is 2.51. The average Bonchev–Trinajstić information content (AvgIpc) is 3.26. The third-order valence-electron chi connectivity index (χ3n) is 14.5. The third-order valence-corrected chi connectivity index (χ3v) is 14.5. The van der Waals surface area contributed by atoms with Crippen molar-refractivity contribution < 1.29 is 68.5 Å². The van der Waals surface area contributed by atoms with Crippen LogP contribution in [0.2, 0.25) is 0 Å². The van der Waals surface area contributed by atoms with Crippen LogP contribution in [0, 0.1) is 11.8 Å². The van der Waals surface area contributed by atoms with Gasteiger partial charge in [-0.25, -0.2) is 0 Å². The van der Waals surface area contributed by atoms with E-state index in [0.29, 0.717) is 37.2 Å². The minimum absolute atomic E-state index is 0.0221. The summed E-state index contributed by atoms with van der Waals surface area (Å²) in [4.78, 5) is 9.77. The van der Waals surface area contributed by atoms with Gasteiger partial charge >= 0.3 is 0 Å². The number of nitrogens with zero attached hydrogens (tertiary/aromatic N) is 2. The second-order valence-corrected chi connectivity index (χ2v) is 19.7. The number of allylic oxidation sites excluding steroid dienone is 2. The summed E-state index contributed by atoms with van der Waals surface area (Å²) < 4.78 is 49.2. The van der Waals surface area contributed by atoms with E-state index in [0.717, 1.165) is 0 Å². The summed E-state index contributed by atoms with van der Waals surface area (Å²) in [5, 5.41) is 73.3. The minimum Gasteiger partial charge on any atom is -0.485 e. The van der Waals surface area contributed by atoms with E-state index in [1.54, 1.807) is 40.4 Å². The lowest BCUT2D eigenvalue weighted by molar-refractivity contribution is -0.295. The Kier molecular flexibility index (Phi) is 17.3. The van der Waals surface area contributed by atoms with E-state index in [9.17, 15) is 30.6 Å². The number of aliphatic hydroxyl groups is 6. The number of ether oxygens (including phenoxy) is 8. The van der Waals surface area contributed by atoms with Gasteiger partial charge in [0.25, 0.3) is 0 Å². The number of hydrogen-bond donors (Lipinski definition) is 12. The van der Waals surface area contributed by atoms with Gasteiger partial charge in [-0.1, -0.05) is 0 Å². The van der Waals surface area contributed by atoms with Crippen LogP contribution in [0.1, 0.15) is 46.0 Å². The maximum Gasteiger partial charge on any atom is 0.185 e. The number of aliphatic hydroxyl groups excluding tert-OH is 4. The van der Waals surface area contributed by atoms with Crippen molar-refractivity contribution in [3.63, 3.8) is 0 Å². The summed E-state index contributed by atoms with van der Waals surface area (Å²) in [5.74, 6) is -0.263. The fourth-order valence-electron chi connectivity index (χ4n) is 10.5. The second kappa shape index (κ2) is 22.2. The Morgan fingerprint density at radius 1 is 0.667 bits per heavy atom. The highest BCUT2D eigenvalue weighted by atomic mass is 16.7. The standard InChI is InChI=1S/C44H76N8O14/c1-43(57)19-62-31(36(55)40(43)49-3)9-10-61-38-27(47)11-29-23(34(38)53)15-59-17-32-25(45)8-6-22(65-32)14-52-30-12-28(48)39(66-42-37(56)41(50-4)44(2,58)20-63-42)35(54)24(30)16-60-18-33-26(46)7-5-21(64-33)13-51-29/h5-6,13-14,23-42,49-50,53-58H,7-12,15-20,45-48H2,1-4H3/t23-,24+,25-,26+,27-,28+,29+,30-,31-,32-,33+,34+,35-,36+,37-,38+,39-,40-,41-,42-,43+,44+/m1/s1. The molecule has 0 spiro atoms. The van der Waals surface area contributed by atoms with Gasteiger partial charge in [0.05, 0.1) is 107 Å². The third kappa shape index (κ3) is 11.6. The van der Waals surface area contributed by atoms with Crippen LogP contribution in [0.25, 0.3) is 0 Å². The first-order valence-electron chi connectivity index (χ1n) is 23.4. The highest BCUT2D eigenvalue weighted by molar-refractivity contribution is 5.77. The van der Waals surface area contributed by atoms with Gasteiger partial charge in [0.15, 0.2) is 6.29 Å². The molecule has 22 heteroatoms. The first-order valence-corrected chi connectivity index (χ1v) is 23.4. The van der Waals surface area contributed by atoms with Gasteiger partial charge in [0.1, 0.15) is 47.1 Å². The Bertz CT molecular complexity index is 1710. The highest BCUT2D eigenvalue weighted by Crippen LogP contribution is 2.35. The van der Waals surface area contributed by atoms with Crippen molar-refractivity contribution in [1.82, 2.24) is 10.6 Å². The predicted octanol–water partition coefficient (Wildman–Crippen LogP) is -4.36. The van der Waals surface area contributed by atoms with E-state index in [4.69, 9.17) is 70.8 Å². The Labute approximate surface area is 386 Å². The van der Waals surface area contributed by atoms with Crippen LogP contribution in [0.4, 0.5) is 0 Å². The molecule has 2 saturated carbocycles. The van der Waals surface area contributed by atoms with Crippen molar-refractivity contribution >= 4 is 12.4 Å². The van der Waals surface area contributed by atoms with Gasteiger partial charge < -0.3 is 102 Å². The summed E-state index contributed by atoms with van der Waals surface area (Å²) >= 11 is 0. The average molecular weight is 941 g/mol. The van der Waals surface area contributed by atoms with Gasteiger partial charge in [-0.3, -0.25) is 9.98 Å². The molecule has 0 radical (unpaired) electrons. The maximum atomic E-state index is 11.9. The van der Waals surface area contributed by atoms with E-state index in [2.05, 4.69) is 10.6 Å². The summed E-state index contributed by atoms with van der Waals surface area (Å²) in [6, 6.07) is -4.55. The summed E-state index contributed by atoms with van der Waals surface area (Å²) in [6.45, 7) is 3.46. The van der Waals surface area contributed by atoms with E-state index < -0.39 is 133 Å².